The van der Waals surface area contributed by atoms with Gasteiger partial charge >= 0.3 is 5.97 Å². The molecule has 1 aliphatic rings. The third-order valence-electron chi connectivity index (χ3n) is 3.13. The van der Waals surface area contributed by atoms with Gasteiger partial charge in [0.25, 0.3) is 0 Å². The lowest BCUT2D eigenvalue weighted by Crippen LogP contribution is -2.42. The zero-order valence-electron chi connectivity index (χ0n) is 10.6. The van der Waals surface area contributed by atoms with Crippen molar-refractivity contribution < 1.29 is 14.3 Å². The second-order valence-electron chi connectivity index (χ2n) is 4.28. The predicted octanol–water partition coefficient (Wildman–Crippen LogP) is 1.68. The summed E-state index contributed by atoms with van der Waals surface area (Å²) in [5.74, 6) is 0.564. The molecule has 1 saturated carbocycles. The molecule has 0 aromatic heterocycles. The van der Waals surface area contributed by atoms with Gasteiger partial charge in [0, 0.05) is 18.2 Å². The largest absolute Gasteiger partial charge is 0.468 e. The maximum absolute atomic E-state index is 12.0. The third-order valence-corrected chi connectivity index (χ3v) is 3.75. The second kappa shape index (κ2) is 7.58. The molecule has 1 rings (SSSR count). The number of amides is 1. The lowest BCUT2D eigenvalue weighted by molar-refractivity contribution is -0.148. The van der Waals surface area contributed by atoms with Crippen molar-refractivity contribution >= 4 is 23.6 Å². The number of esters is 1. The fraction of sp³-hybridized carbons (Fsp3) is 0.833. The Balaban J connectivity index is 2.56. The van der Waals surface area contributed by atoms with E-state index in [9.17, 15) is 9.59 Å². The summed E-state index contributed by atoms with van der Waals surface area (Å²) in [7, 11) is 1.36. The number of nitrogens with zero attached hydrogens (tertiary/aromatic N) is 1. The lowest BCUT2D eigenvalue weighted by atomic mass is 10.2. The van der Waals surface area contributed by atoms with E-state index >= 15 is 0 Å². The average molecular weight is 259 g/mol. The molecule has 0 saturated heterocycles. The first-order valence-corrected chi connectivity index (χ1v) is 7.43. The van der Waals surface area contributed by atoms with Crippen LogP contribution in [0.15, 0.2) is 0 Å². The van der Waals surface area contributed by atoms with Crippen LogP contribution in [0.2, 0.25) is 0 Å². The summed E-state index contributed by atoms with van der Waals surface area (Å²) in [5, 5.41) is 0. The van der Waals surface area contributed by atoms with Crippen LogP contribution in [-0.2, 0) is 14.3 Å². The van der Waals surface area contributed by atoms with Crippen molar-refractivity contribution in [2.75, 3.05) is 25.7 Å². The van der Waals surface area contributed by atoms with Crippen LogP contribution in [0.1, 0.15) is 32.1 Å². The molecular formula is C12H21NO3S. The number of ether oxygens (including phenoxy) is 1. The Kier molecular flexibility index (Phi) is 6.40. The quantitative estimate of drug-likeness (QED) is 0.681. The lowest BCUT2D eigenvalue weighted by Gasteiger charge is -2.27. The molecular weight excluding hydrogens is 238 g/mol. The molecule has 0 aromatic carbocycles. The summed E-state index contributed by atoms with van der Waals surface area (Å²) in [6.45, 7) is 0.106. The minimum absolute atomic E-state index is 0.0802. The first-order chi connectivity index (χ1) is 8.19. The zero-order valence-corrected chi connectivity index (χ0v) is 11.4. The van der Waals surface area contributed by atoms with Crippen LogP contribution in [0, 0.1) is 0 Å². The zero-order chi connectivity index (χ0) is 12.7. The summed E-state index contributed by atoms with van der Waals surface area (Å²) in [6.07, 6.45) is 6.82. The summed E-state index contributed by atoms with van der Waals surface area (Å²) in [4.78, 5) is 25.1. The van der Waals surface area contributed by atoms with Gasteiger partial charge in [-0.1, -0.05) is 12.8 Å². The maximum atomic E-state index is 12.0. The minimum atomic E-state index is -0.325. The molecule has 0 atom stereocenters. The highest BCUT2D eigenvalue weighted by molar-refractivity contribution is 7.98. The van der Waals surface area contributed by atoms with Crippen LogP contribution >= 0.6 is 11.8 Å². The van der Waals surface area contributed by atoms with E-state index in [4.69, 9.17) is 0 Å². The monoisotopic (exact) mass is 259 g/mol. The van der Waals surface area contributed by atoms with Gasteiger partial charge in [0.15, 0.2) is 0 Å². The van der Waals surface area contributed by atoms with Gasteiger partial charge in [-0.15, -0.1) is 0 Å². The van der Waals surface area contributed by atoms with Gasteiger partial charge in [-0.3, -0.25) is 9.59 Å². The summed E-state index contributed by atoms with van der Waals surface area (Å²) >= 11 is 1.65. The Bertz CT molecular complexity index is 264. The maximum Gasteiger partial charge on any atom is 0.325 e. The Hall–Kier alpha value is -0.710. The Morgan fingerprint density at radius 3 is 2.53 bits per heavy atom. The molecule has 1 aliphatic carbocycles. The molecule has 0 N–H and O–H groups in total. The van der Waals surface area contributed by atoms with Gasteiger partial charge < -0.3 is 9.64 Å². The molecule has 0 heterocycles. The molecule has 0 spiro atoms. The molecule has 5 heteroatoms. The summed E-state index contributed by atoms with van der Waals surface area (Å²) in [5.41, 5.74) is 0. The fourth-order valence-corrected chi connectivity index (χ4v) is 2.55. The summed E-state index contributed by atoms with van der Waals surface area (Å²) in [6, 6.07) is 0.239. The van der Waals surface area contributed by atoms with Gasteiger partial charge in [-0.25, -0.2) is 0 Å². The molecule has 4 nitrogen and oxygen atoms in total. The average Bonchev–Trinajstić information content (AvgIpc) is 2.86. The van der Waals surface area contributed by atoms with E-state index in [1.54, 1.807) is 16.7 Å². The minimum Gasteiger partial charge on any atom is -0.468 e. The normalized spacial score (nSPS) is 15.9. The van der Waals surface area contributed by atoms with E-state index < -0.39 is 0 Å². The highest BCUT2D eigenvalue weighted by Crippen LogP contribution is 2.24. The Morgan fingerprint density at radius 1 is 1.35 bits per heavy atom. The van der Waals surface area contributed by atoms with Gasteiger partial charge in [0.2, 0.25) is 5.91 Å². The predicted molar refractivity (Wildman–Crippen MR) is 69.0 cm³/mol. The molecule has 0 unspecified atom stereocenters. The smallest absolute Gasteiger partial charge is 0.325 e. The van der Waals surface area contributed by atoms with E-state index in [1.165, 1.54) is 7.11 Å². The highest BCUT2D eigenvalue weighted by Gasteiger charge is 2.28. The van der Waals surface area contributed by atoms with E-state index in [1.807, 2.05) is 6.26 Å². The first-order valence-electron chi connectivity index (χ1n) is 6.04. The van der Waals surface area contributed by atoms with Crippen LogP contribution in [0.5, 0.6) is 0 Å². The van der Waals surface area contributed by atoms with E-state index in [-0.39, 0.29) is 24.5 Å². The molecule has 1 fully saturated rings. The van der Waals surface area contributed by atoms with Gasteiger partial charge in [-0.05, 0) is 19.1 Å². The van der Waals surface area contributed by atoms with E-state index in [2.05, 4.69) is 4.74 Å². The standard InChI is InChI=1S/C12H21NO3S/c1-16-12(15)9-13(10-5-3-4-6-10)11(14)7-8-17-2/h10H,3-9H2,1-2H3. The molecule has 0 bridgehead atoms. The SMILES string of the molecule is COC(=O)CN(C(=O)CCSC)C1CCCC1. The second-order valence-corrected chi connectivity index (χ2v) is 5.26. The van der Waals surface area contributed by atoms with Crippen molar-refractivity contribution in [3.05, 3.63) is 0 Å². The third kappa shape index (κ3) is 4.58. The number of rotatable bonds is 6. The van der Waals surface area contributed by atoms with Crippen molar-refractivity contribution in [1.29, 1.82) is 0 Å². The number of methoxy groups -OCH3 is 1. The Morgan fingerprint density at radius 2 is 2.00 bits per heavy atom. The molecule has 1 amide bonds. The van der Waals surface area contributed by atoms with E-state index in [0.29, 0.717) is 6.42 Å². The number of hydrogen-bond donors (Lipinski definition) is 0. The van der Waals surface area contributed by atoms with Crippen molar-refractivity contribution in [3.63, 3.8) is 0 Å². The molecule has 0 radical (unpaired) electrons. The van der Waals surface area contributed by atoms with E-state index in [0.717, 1.165) is 31.4 Å². The van der Waals surface area contributed by atoms with Crippen molar-refractivity contribution in [1.82, 2.24) is 4.90 Å². The van der Waals surface area contributed by atoms with Crippen LogP contribution in [0.25, 0.3) is 0 Å². The Labute approximate surface area is 107 Å². The number of carbonyl (C=O) groups is 2. The first kappa shape index (κ1) is 14.4. The molecule has 0 aliphatic heterocycles. The van der Waals surface area contributed by atoms with Gasteiger partial charge in [-0.2, -0.15) is 11.8 Å². The topological polar surface area (TPSA) is 46.6 Å². The molecule has 17 heavy (non-hydrogen) atoms. The van der Waals surface area contributed by atoms with Crippen molar-refractivity contribution in [2.24, 2.45) is 0 Å². The van der Waals surface area contributed by atoms with Crippen LogP contribution < -0.4 is 0 Å². The van der Waals surface area contributed by atoms with Gasteiger partial charge in [0.05, 0.1) is 7.11 Å². The fourth-order valence-electron chi connectivity index (χ4n) is 2.17. The number of hydrogen-bond acceptors (Lipinski definition) is 4. The number of carbonyl (C=O) groups excluding carboxylic acids is 2. The molecule has 0 aromatic rings. The van der Waals surface area contributed by atoms with Gasteiger partial charge in [0.1, 0.15) is 6.54 Å². The van der Waals surface area contributed by atoms with Crippen LogP contribution in [0.3, 0.4) is 0 Å². The van der Waals surface area contributed by atoms with Crippen LogP contribution in [-0.4, -0.2) is 48.5 Å². The van der Waals surface area contributed by atoms with Crippen LogP contribution in [0.4, 0.5) is 0 Å². The van der Waals surface area contributed by atoms with Crippen molar-refractivity contribution in [3.8, 4) is 0 Å². The van der Waals surface area contributed by atoms with Crippen molar-refractivity contribution in [2.45, 2.75) is 38.1 Å². The summed E-state index contributed by atoms with van der Waals surface area (Å²) < 4.78 is 4.66. The highest BCUT2D eigenvalue weighted by atomic mass is 32.2. The number of thioether (sulfide) groups is 1. The molecule has 98 valence electrons.